The molecular formula is C17H17F3N2O3S. The first-order chi connectivity index (χ1) is 12.3. The third-order valence-electron chi connectivity index (χ3n) is 3.88. The number of nitrogens with zero attached hydrogens (tertiary/aromatic N) is 1. The molecule has 5 nitrogen and oxygen atoms in total. The topological polar surface area (TPSA) is 60.5 Å². The Labute approximate surface area is 152 Å². The summed E-state index contributed by atoms with van der Waals surface area (Å²) in [6.45, 7) is 2.26. The summed E-state index contributed by atoms with van der Waals surface area (Å²) in [7, 11) is 0. The van der Waals surface area contributed by atoms with Crippen molar-refractivity contribution in [3.8, 4) is 10.6 Å². The number of aryl methyl sites for hydroxylation is 1. The lowest BCUT2D eigenvalue weighted by atomic mass is 10.1. The molecule has 1 atom stereocenters. The van der Waals surface area contributed by atoms with Crippen LogP contribution in [0, 0.1) is 6.92 Å². The maximum atomic E-state index is 12.6. The molecular weight excluding hydrogens is 369 g/mol. The van der Waals surface area contributed by atoms with Gasteiger partial charge in [0.05, 0.1) is 11.3 Å². The first-order valence-corrected chi connectivity index (χ1v) is 8.89. The van der Waals surface area contributed by atoms with E-state index in [2.05, 4.69) is 10.5 Å². The van der Waals surface area contributed by atoms with Crippen LogP contribution < -0.4 is 5.48 Å². The van der Waals surface area contributed by atoms with Gasteiger partial charge in [-0.25, -0.2) is 15.3 Å². The Balaban J connectivity index is 1.69. The minimum absolute atomic E-state index is 0.343. The first kappa shape index (κ1) is 18.8. The molecule has 0 radical (unpaired) electrons. The second-order valence-electron chi connectivity index (χ2n) is 5.85. The second-order valence-corrected chi connectivity index (χ2v) is 6.85. The van der Waals surface area contributed by atoms with Crippen LogP contribution in [0.3, 0.4) is 0 Å². The minimum Gasteiger partial charge on any atom is -0.350 e. The molecule has 1 amide bonds. The van der Waals surface area contributed by atoms with E-state index in [1.165, 1.54) is 12.1 Å². The molecule has 1 N–H and O–H groups in total. The van der Waals surface area contributed by atoms with Gasteiger partial charge in [-0.3, -0.25) is 4.79 Å². The van der Waals surface area contributed by atoms with Crippen molar-refractivity contribution in [1.29, 1.82) is 0 Å². The maximum Gasteiger partial charge on any atom is 0.416 e. The number of amides is 1. The average molecular weight is 386 g/mol. The summed E-state index contributed by atoms with van der Waals surface area (Å²) >= 11 is 1.10. The molecule has 9 heteroatoms. The van der Waals surface area contributed by atoms with Gasteiger partial charge in [0.2, 0.25) is 0 Å². The van der Waals surface area contributed by atoms with Crippen molar-refractivity contribution in [2.24, 2.45) is 0 Å². The number of benzene rings is 1. The molecule has 140 valence electrons. The predicted octanol–water partition coefficient (Wildman–Crippen LogP) is 4.33. The molecule has 0 aliphatic carbocycles. The van der Waals surface area contributed by atoms with Crippen molar-refractivity contribution in [3.63, 3.8) is 0 Å². The van der Waals surface area contributed by atoms with Crippen LogP contribution in [-0.2, 0) is 15.8 Å². The summed E-state index contributed by atoms with van der Waals surface area (Å²) in [5.74, 6) is -0.452. The summed E-state index contributed by atoms with van der Waals surface area (Å²) in [6.07, 6.45) is -2.20. The van der Waals surface area contributed by atoms with Crippen LogP contribution in [0.1, 0.15) is 40.2 Å². The Morgan fingerprint density at radius 3 is 2.65 bits per heavy atom. The van der Waals surface area contributed by atoms with E-state index in [-0.39, 0.29) is 0 Å². The standard InChI is InChI=1S/C17H17F3N2O3S/c1-10-14(15(23)22-25-13-4-2-3-9-24-13)26-16(21-10)11-5-7-12(8-6-11)17(18,19)20/h5-8,13H,2-4,9H2,1H3,(H,22,23)/t13-/m1/s1. The normalized spacial score (nSPS) is 17.9. The van der Waals surface area contributed by atoms with Gasteiger partial charge < -0.3 is 4.74 Å². The molecule has 1 aromatic carbocycles. The van der Waals surface area contributed by atoms with Gasteiger partial charge in [0.1, 0.15) is 9.88 Å². The first-order valence-electron chi connectivity index (χ1n) is 8.07. The Morgan fingerprint density at radius 2 is 2.04 bits per heavy atom. The van der Waals surface area contributed by atoms with Crippen molar-refractivity contribution >= 4 is 17.2 Å². The number of hydrogen-bond acceptors (Lipinski definition) is 5. The van der Waals surface area contributed by atoms with Crippen LogP contribution in [0.25, 0.3) is 10.6 Å². The fraction of sp³-hybridized carbons (Fsp3) is 0.412. The molecule has 1 aliphatic rings. The van der Waals surface area contributed by atoms with Crippen molar-refractivity contribution in [3.05, 3.63) is 40.4 Å². The highest BCUT2D eigenvalue weighted by atomic mass is 32.1. The predicted molar refractivity (Wildman–Crippen MR) is 89.4 cm³/mol. The van der Waals surface area contributed by atoms with E-state index in [1.807, 2.05) is 0 Å². The Hall–Kier alpha value is -1.97. The Bertz CT molecular complexity index is 769. The molecule has 0 spiro atoms. The highest BCUT2D eigenvalue weighted by molar-refractivity contribution is 7.17. The van der Waals surface area contributed by atoms with Gasteiger partial charge in [0.15, 0.2) is 6.29 Å². The number of rotatable bonds is 4. The largest absolute Gasteiger partial charge is 0.416 e. The lowest BCUT2D eigenvalue weighted by Gasteiger charge is -2.21. The van der Waals surface area contributed by atoms with Crippen LogP contribution in [0.5, 0.6) is 0 Å². The molecule has 2 heterocycles. The Kier molecular flexibility index (Phi) is 5.59. The Morgan fingerprint density at radius 1 is 1.31 bits per heavy atom. The highest BCUT2D eigenvalue weighted by Crippen LogP contribution is 2.33. The minimum atomic E-state index is -4.39. The molecule has 1 aliphatic heterocycles. The summed E-state index contributed by atoms with van der Waals surface area (Å²) < 4.78 is 43.3. The number of thiazole rings is 1. The van der Waals surface area contributed by atoms with E-state index in [0.29, 0.717) is 34.2 Å². The van der Waals surface area contributed by atoms with Gasteiger partial charge in [-0.15, -0.1) is 11.3 Å². The van der Waals surface area contributed by atoms with Crippen LogP contribution in [-0.4, -0.2) is 23.8 Å². The van der Waals surface area contributed by atoms with Gasteiger partial charge in [0, 0.05) is 18.6 Å². The third kappa shape index (κ3) is 4.40. The van der Waals surface area contributed by atoms with E-state index in [9.17, 15) is 18.0 Å². The van der Waals surface area contributed by atoms with Gasteiger partial charge in [0.25, 0.3) is 5.91 Å². The second kappa shape index (κ2) is 7.73. The number of nitrogens with one attached hydrogen (secondary N) is 1. The van der Waals surface area contributed by atoms with E-state index in [1.54, 1.807) is 6.92 Å². The van der Waals surface area contributed by atoms with Crippen LogP contribution in [0.4, 0.5) is 13.2 Å². The highest BCUT2D eigenvalue weighted by Gasteiger charge is 2.30. The fourth-order valence-electron chi connectivity index (χ4n) is 2.50. The lowest BCUT2D eigenvalue weighted by Crippen LogP contribution is -2.33. The summed E-state index contributed by atoms with van der Waals surface area (Å²) in [5.41, 5.74) is 2.63. The number of carbonyl (C=O) groups excluding carboxylic acids is 1. The molecule has 3 rings (SSSR count). The van der Waals surface area contributed by atoms with Gasteiger partial charge in [-0.2, -0.15) is 13.2 Å². The SMILES string of the molecule is Cc1nc(-c2ccc(C(F)(F)F)cc2)sc1C(=O)NO[C@@H]1CCCCO1. The number of carbonyl (C=O) groups is 1. The van der Waals surface area contributed by atoms with Crippen molar-refractivity contribution in [2.75, 3.05) is 6.61 Å². The van der Waals surface area contributed by atoms with Crippen LogP contribution >= 0.6 is 11.3 Å². The zero-order chi connectivity index (χ0) is 18.7. The fourth-order valence-corrected chi connectivity index (χ4v) is 3.46. The van der Waals surface area contributed by atoms with Crippen LogP contribution in [0.15, 0.2) is 24.3 Å². The van der Waals surface area contributed by atoms with E-state index in [0.717, 1.165) is 36.3 Å². The molecule has 0 bridgehead atoms. The number of halogens is 3. The molecule has 1 aromatic heterocycles. The van der Waals surface area contributed by atoms with Crippen molar-refractivity contribution < 1.29 is 27.5 Å². The van der Waals surface area contributed by atoms with Gasteiger partial charge in [-0.1, -0.05) is 12.1 Å². The van der Waals surface area contributed by atoms with E-state index < -0.39 is 23.9 Å². The number of aromatic nitrogens is 1. The summed E-state index contributed by atoms with van der Waals surface area (Å²) in [4.78, 5) is 22.1. The van der Waals surface area contributed by atoms with Crippen LogP contribution in [0.2, 0.25) is 0 Å². The number of hydrogen-bond donors (Lipinski definition) is 1. The summed E-state index contributed by atoms with van der Waals surface area (Å²) in [5, 5.41) is 0.468. The zero-order valence-electron chi connectivity index (χ0n) is 13.9. The third-order valence-corrected chi connectivity index (χ3v) is 5.09. The van der Waals surface area contributed by atoms with E-state index >= 15 is 0 Å². The lowest BCUT2D eigenvalue weighted by molar-refractivity contribution is -0.186. The smallest absolute Gasteiger partial charge is 0.350 e. The maximum absolute atomic E-state index is 12.6. The monoisotopic (exact) mass is 386 g/mol. The number of hydroxylamine groups is 1. The molecule has 26 heavy (non-hydrogen) atoms. The van der Waals surface area contributed by atoms with Crippen molar-refractivity contribution in [2.45, 2.75) is 38.7 Å². The van der Waals surface area contributed by atoms with Gasteiger partial charge >= 0.3 is 6.18 Å². The molecule has 0 unspecified atom stereocenters. The average Bonchev–Trinajstić information content (AvgIpc) is 3.02. The summed E-state index contributed by atoms with van der Waals surface area (Å²) in [6, 6.07) is 4.68. The quantitative estimate of drug-likeness (QED) is 0.795. The molecule has 1 fully saturated rings. The molecule has 0 saturated carbocycles. The van der Waals surface area contributed by atoms with Crippen molar-refractivity contribution in [1.82, 2.24) is 10.5 Å². The van der Waals surface area contributed by atoms with Gasteiger partial charge in [-0.05, 0) is 31.9 Å². The number of alkyl halides is 3. The number of ether oxygens (including phenoxy) is 1. The molecule has 2 aromatic rings. The van der Waals surface area contributed by atoms with E-state index in [4.69, 9.17) is 9.57 Å². The zero-order valence-corrected chi connectivity index (χ0v) is 14.7. The molecule has 1 saturated heterocycles.